The first-order chi connectivity index (χ1) is 13.0. The van der Waals surface area contributed by atoms with E-state index in [9.17, 15) is 8.78 Å². The molecule has 0 aliphatic rings. The Morgan fingerprint density at radius 2 is 1.48 bits per heavy atom. The predicted octanol–water partition coefficient (Wildman–Crippen LogP) is 4.97. The smallest absolute Gasteiger partial charge is 0.271 e. The van der Waals surface area contributed by atoms with Gasteiger partial charge in [-0.05, 0) is 12.1 Å². The minimum atomic E-state index is -3.00. The highest BCUT2D eigenvalue weighted by molar-refractivity contribution is 5.66. The lowest BCUT2D eigenvalue weighted by Crippen LogP contribution is -2.09. The monoisotopic (exact) mass is 364 g/mol. The van der Waals surface area contributed by atoms with Crippen LogP contribution in [0.15, 0.2) is 71.4 Å². The van der Waals surface area contributed by atoms with E-state index in [0.29, 0.717) is 22.8 Å². The lowest BCUT2D eigenvalue weighted by molar-refractivity contribution is 0.0181. The fraction of sp³-hybridized carbons (Fsp3) is 0.100. The molecule has 0 aliphatic carbocycles. The Morgan fingerprint density at radius 3 is 2.26 bits per heavy atom. The Labute approximate surface area is 153 Å². The van der Waals surface area contributed by atoms with Crippen molar-refractivity contribution >= 4 is 0 Å². The Bertz CT molecular complexity index is 1070. The van der Waals surface area contributed by atoms with Crippen LogP contribution in [0.1, 0.15) is 12.5 Å². The van der Waals surface area contributed by atoms with E-state index in [0.717, 1.165) is 12.5 Å². The number of benzene rings is 2. The molecule has 7 heteroatoms. The SMILES string of the molecule is CC(F)(F)c1ccccc1-c1cncc(-c2nnc(-c3ccccc3)o2)n1. The summed E-state index contributed by atoms with van der Waals surface area (Å²) >= 11 is 0. The van der Waals surface area contributed by atoms with Crippen molar-refractivity contribution in [2.45, 2.75) is 12.8 Å². The maximum atomic E-state index is 13.9. The van der Waals surface area contributed by atoms with Gasteiger partial charge in [-0.2, -0.15) is 0 Å². The molecule has 2 aromatic heterocycles. The summed E-state index contributed by atoms with van der Waals surface area (Å²) in [6.45, 7) is 0.854. The van der Waals surface area contributed by atoms with Gasteiger partial charge in [-0.25, -0.2) is 13.8 Å². The zero-order valence-corrected chi connectivity index (χ0v) is 14.3. The maximum Gasteiger partial charge on any atom is 0.271 e. The molecule has 0 spiro atoms. The van der Waals surface area contributed by atoms with Crippen LogP contribution in [0.4, 0.5) is 8.78 Å². The predicted molar refractivity (Wildman–Crippen MR) is 95.8 cm³/mol. The maximum absolute atomic E-state index is 13.9. The zero-order chi connectivity index (χ0) is 18.9. The van der Waals surface area contributed by atoms with Gasteiger partial charge in [0.25, 0.3) is 11.8 Å². The standard InChI is InChI=1S/C20H14F2N4O/c1-20(21,22)15-10-6-5-9-14(15)16-11-23-12-17(24-16)19-26-25-18(27-19)13-7-3-2-4-8-13/h2-12H,1H3. The van der Waals surface area contributed by atoms with Crippen LogP contribution in [-0.4, -0.2) is 20.2 Å². The number of alkyl halides is 2. The Hall–Kier alpha value is -3.48. The quantitative estimate of drug-likeness (QED) is 0.511. The molecule has 0 fully saturated rings. The highest BCUT2D eigenvalue weighted by Crippen LogP contribution is 2.35. The van der Waals surface area contributed by atoms with Crippen LogP contribution < -0.4 is 0 Å². The molecule has 27 heavy (non-hydrogen) atoms. The number of hydrogen-bond acceptors (Lipinski definition) is 5. The molecular formula is C20H14F2N4O. The van der Waals surface area contributed by atoms with Crippen LogP contribution in [0.3, 0.4) is 0 Å². The minimum absolute atomic E-state index is 0.119. The van der Waals surface area contributed by atoms with Gasteiger partial charge in [-0.1, -0.05) is 42.5 Å². The van der Waals surface area contributed by atoms with Crippen molar-refractivity contribution < 1.29 is 13.2 Å². The molecule has 0 atom stereocenters. The average Bonchev–Trinajstić information content (AvgIpc) is 3.18. The minimum Gasteiger partial charge on any atom is -0.415 e. The lowest BCUT2D eigenvalue weighted by Gasteiger charge is -2.15. The van der Waals surface area contributed by atoms with Crippen LogP contribution >= 0.6 is 0 Å². The van der Waals surface area contributed by atoms with E-state index in [1.54, 1.807) is 18.2 Å². The highest BCUT2D eigenvalue weighted by atomic mass is 19.3. The van der Waals surface area contributed by atoms with Crippen molar-refractivity contribution in [2.24, 2.45) is 0 Å². The van der Waals surface area contributed by atoms with E-state index in [-0.39, 0.29) is 11.5 Å². The highest BCUT2D eigenvalue weighted by Gasteiger charge is 2.28. The third-order valence-corrected chi connectivity index (χ3v) is 3.98. The second-order valence-corrected chi connectivity index (χ2v) is 6.00. The van der Waals surface area contributed by atoms with Crippen LogP contribution in [0.2, 0.25) is 0 Å². The second kappa shape index (κ2) is 6.68. The fourth-order valence-electron chi connectivity index (χ4n) is 2.71. The van der Waals surface area contributed by atoms with Crippen molar-refractivity contribution in [3.63, 3.8) is 0 Å². The Kier molecular flexibility index (Phi) is 4.19. The Morgan fingerprint density at radius 1 is 0.815 bits per heavy atom. The van der Waals surface area contributed by atoms with E-state index in [4.69, 9.17) is 4.42 Å². The van der Waals surface area contributed by atoms with Crippen molar-refractivity contribution in [1.82, 2.24) is 20.2 Å². The van der Waals surface area contributed by atoms with Gasteiger partial charge in [0.05, 0.1) is 18.1 Å². The van der Waals surface area contributed by atoms with Gasteiger partial charge in [0.2, 0.25) is 5.89 Å². The zero-order valence-electron chi connectivity index (χ0n) is 14.3. The van der Waals surface area contributed by atoms with Crippen LogP contribution in [0, 0.1) is 0 Å². The summed E-state index contributed by atoms with van der Waals surface area (Å²) in [5.74, 6) is -2.48. The first kappa shape index (κ1) is 17.0. The molecule has 0 radical (unpaired) electrons. The average molecular weight is 364 g/mol. The van der Waals surface area contributed by atoms with Crippen LogP contribution in [0.25, 0.3) is 34.3 Å². The number of aromatic nitrogens is 4. The van der Waals surface area contributed by atoms with E-state index < -0.39 is 5.92 Å². The van der Waals surface area contributed by atoms with E-state index >= 15 is 0 Å². The topological polar surface area (TPSA) is 64.7 Å². The Balaban J connectivity index is 1.74. The van der Waals surface area contributed by atoms with Crippen molar-refractivity contribution in [3.05, 3.63) is 72.6 Å². The summed E-state index contributed by atoms with van der Waals surface area (Å²) < 4.78 is 33.5. The first-order valence-electron chi connectivity index (χ1n) is 8.21. The van der Waals surface area contributed by atoms with Gasteiger partial charge in [-0.15, -0.1) is 10.2 Å². The molecule has 0 amide bonds. The van der Waals surface area contributed by atoms with Gasteiger partial charge in [0.15, 0.2) is 0 Å². The molecular weight excluding hydrogens is 350 g/mol. The molecule has 0 aliphatic heterocycles. The summed E-state index contributed by atoms with van der Waals surface area (Å²) in [7, 11) is 0. The summed E-state index contributed by atoms with van der Waals surface area (Å²) in [4.78, 5) is 8.51. The van der Waals surface area contributed by atoms with Gasteiger partial charge in [-0.3, -0.25) is 4.98 Å². The van der Waals surface area contributed by atoms with E-state index in [1.807, 2.05) is 30.3 Å². The molecule has 4 rings (SSSR count). The molecule has 0 N–H and O–H groups in total. The third kappa shape index (κ3) is 3.44. The van der Waals surface area contributed by atoms with Gasteiger partial charge < -0.3 is 4.42 Å². The van der Waals surface area contributed by atoms with Gasteiger partial charge >= 0.3 is 0 Å². The van der Waals surface area contributed by atoms with Gasteiger partial charge in [0, 0.05) is 23.6 Å². The fourth-order valence-corrected chi connectivity index (χ4v) is 2.71. The lowest BCUT2D eigenvalue weighted by atomic mass is 10.0. The van der Waals surface area contributed by atoms with E-state index in [1.165, 1.54) is 18.5 Å². The van der Waals surface area contributed by atoms with E-state index in [2.05, 4.69) is 20.2 Å². The second-order valence-electron chi connectivity index (χ2n) is 6.00. The molecule has 0 saturated carbocycles. The van der Waals surface area contributed by atoms with Gasteiger partial charge in [0.1, 0.15) is 5.69 Å². The third-order valence-electron chi connectivity index (χ3n) is 3.98. The molecule has 0 bridgehead atoms. The van der Waals surface area contributed by atoms with Crippen LogP contribution in [0.5, 0.6) is 0 Å². The summed E-state index contributed by atoms with van der Waals surface area (Å²) in [6.07, 6.45) is 2.89. The molecule has 2 heterocycles. The molecule has 5 nitrogen and oxygen atoms in total. The number of hydrogen-bond donors (Lipinski definition) is 0. The summed E-state index contributed by atoms with van der Waals surface area (Å²) in [6, 6.07) is 15.5. The molecule has 4 aromatic rings. The molecule has 0 saturated heterocycles. The number of nitrogens with zero attached hydrogens (tertiary/aromatic N) is 4. The summed E-state index contributed by atoms with van der Waals surface area (Å²) in [5.41, 5.74) is 1.59. The molecule has 0 unspecified atom stereocenters. The van der Waals surface area contributed by atoms with Crippen LogP contribution in [-0.2, 0) is 5.92 Å². The van der Waals surface area contributed by atoms with Crippen molar-refractivity contribution in [3.8, 4) is 34.3 Å². The molecule has 2 aromatic carbocycles. The molecule has 134 valence electrons. The normalized spacial score (nSPS) is 11.5. The van der Waals surface area contributed by atoms with Crippen molar-refractivity contribution in [2.75, 3.05) is 0 Å². The summed E-state index contributed by atoms with van der Waals surface area (Å²) in [5, 5.41) is 8.02. The largest absolute Gasteiger partial charge is 0.415 e. The van der Waals surface area contributed by atoms with Crippen molar-refractivity contribution in [1.29, 1.82) is 0 Å². The number of rotatable bonds is 4. The first-order valence-corrected chi connectivity index (χ1v) is 8.21. The number of halogens is 2.